The molecule has 0 aliphatic carbocycles. The molecule has 2 aromatic heterocycles. The minimum absolute atomic E-state index is 0.0841. The predicted molar refractivity (Wildman–Crippen MR) is 148 cm³/mol. The average Bonchev–Trinajstić information content (AvgIpc) is 3.35. The van der Waals surface area contributed by atoms with Crippen LogP contribution in [-0.2, 0) is 4.74 Å². The van der Waals surface area contributed by atoms with Gasteiger partial charge in [-0.1, -0.05) is 29.3 Å². The zero-order chi connectivity index (χ0) is 26.4. The molecule has 2 aliphatic heterocycles. The van der Waals surface area contributed by atoms with Gasteiger partial charge in [0.1, 0.15) is 22.9 Å². The first kappa shape index (κ1) is 24.2. The first-order chi connectivity index (χ1) is 18.4. The summed E-state index contributed by atoms with van der Waals surface area (Å²) in [6.07, 6.45) is 2.91. The highest BCUT2D eigenvalue weighted by molar-refractivity contribution is 5.96. The fraction of sp³-hybridized carbons (Fsp3) is 0.345. The molecule has 38 heavy (non-hydrogen) atoms. The third-order valence-corrected chi connectivity index (χ3v) is 7.47. The van der Waals surface area contributed by atoms with Gasteiger partial charge in [-0.15, -0.1) is 0 Å². The van der Waals surface area contributed by atoms with Gasteiger partial charge in [-0.05, 0) is 31.9 Å². The number of pyridine rings is 1. The Morgan fingerprint density at radius 2 is 2.00 bits per heavy atom. The van der Waals surface area contributed by atoms with E-state index in [1.54, 1.807) is 19.2 Å². The lowest BCUT2D eigenvalue weighted by Crippen LogP contribution is -2.58. The molecule has 9 heteroatoms. The van der Waals surface area contributed by atoms with Gasteiger partial charge in [-0.2, -0.15) is 5.26 Å². The molecular weight excluding hydrogens is 478 g/mol. The summed E-state index contributed by atoms with van der Waals surface area (Å²) in [4.78, 5) is 15.3. The van der Waals surface area contributed by atoms with Gasteiger partial charge < -0.3 is 30.4 Å². The molecule has 6 rings (SSSR count). The highest BCUT2D eigenvalue weighted by Gasteiger charge is 2.35. The SMILES string of the molecule is COc1cc(C#N)cc2[nH]c(-c3c(N)ncc(-c4cc(C)cc(C)c4)c3N3CC[C@@H]4NCCO[C@H]4C3)nc12. The zero-order valence-electron chi connectivity index (χ0n) is 21.8. The second-order valence-electron chi connectivity index (χ2n) is 10.1. The van der Waals surface area contributed by atoms with Crippen molar-refractivity contribution in [3.8, 4) is 34.3 Å². The van der Waals surface area contributed by atoms with Crippen LogP contribution in [0, 0.1) is 25.2 Å². The van der Waals surface area contributed by atoms with Crippen LogP contribution in [0.15, 0.2) is 36.5 Å². The molecule has 0 amide bonds. The van der Waals surface area contributed by atoms with Crippen LogP contribution in [0.5, 0.6) is 5.75 Å². The van der Waals surface area contributed by atoms with Crippen molar-refractivity contribution >= 4 is 22.5 Å². The average molecular weight is 510 g/mol. The molecule has 4 N–H and O–H groups in total. The number of nitriles is 1. The Labute approximate surface area is 221 Å². The van der Waals surface area contributed by atoms with Crippen molar-refractivity contribution < 1.29 is 9.47 Å². The number of hydrogen-bond donors (Lipinski definition) is 3. The lowest BCUT2D eigenvalue weighted by molar-refractivity contribution is -0.00899. The normalized spacial score (nSPS) is 19.3. The molecule has 2 saturated heterocycles. The largest absolute Gasteiger partial charge is 0.494 e. The van der Waals surface area contributed by atoms with Gasteiger partial charge in [0.05, 0.1) is 48.2 Å². The summed E-state index contributed by atoms with van der Waals surface area (Å²) >= 11 is 0. The van der Waals surface area contributed by atoms with Crippen molar-refractivity contribution in [2.45, 2.75) is 32.4 Å². The lowest BCUT2D eigenvalue weighted by Gasteiger charge is -2.43. The van der Waals surface area contributed by atoms with Crippen LogP contribution < -0.4 is 20.7 Å². The van der Waals surface area contributed by atoms with Crippen molar-refractivity contribution in [2.24, 2.45) is 0 Å². The van der Waals surface area contributed by atoms with Gasteiger partial charge in [-0.3, -0.25) is 0 Å². The maximum absolute atomic E-state index is 9.51. The number of nitrogen functional groups attached to an aromatic ring is 1. The molecular formula is C29H31N7O2. The van der Waals surface area contributed by atoms with E-state index in [-0.39, 0.29) is 6.10 Å². The Morgan fingerprint density at radius 1 is 1.18 bits per heavy atom. The summed E-state index contributed by atoms with van der Waals surface area (Å²) in [5.41, 5.74) is 14.6. The summed E-state index contributed by atoms with van der Waals surface area (Å²) in [5, 5.41) is 13.1. The van der Waals surface area contributed by atoms with Crippen LogP contribution in [0.3, 0.4) is 0 Å². The smallest absolute Gasteiger partial charge is 0.148 e. The topological polar surface area (TPSA) is 125 Å². The van der Waals surface area contributed by atoms with Crippen LogP contribution in [-0.4, -0.2) is 60.4 Å². The number of benzene rings is 2. The standard InChI is InChI=1S/C29H31N7O2/c1-16-8-17(2)10-19(9-16)20-14-33-28(31)25(27(20)36-6-4-21-24(15-36)38-7-5-32-21)29-34-22-11-18(13-30)12-23(37-3)26(22)35-29/h8-12,14,21,24,32H,4-7,15H2,1-3H3,(H2,31,33)(H,34,35)/t21-,24-/m0/s1. The van der Waals surface area contributed by atoms with Crippen LogP contribution >= 0.6 is 0 Å². The first-order valence-electron chi connectivity index (χ1n) is 12.9. The number of aromatic nitrogens is 3. The van der Waals surface area contributed by atoms with E-state index in [4.69, 9.17) is 20.2 Å². The number of morpholine rings is 1. The molecule has 2 fully saturated rings. The number of fused-ring (bicyclic) bond motifs is 2. The molecule has 0 radical (unpaired) electrons. The molecule has 0 spiro atoms. The quantitative estimate of drug-likeness (QED) is 0.378. The maximum atomic E-state index is 9.51. The van der Waals surface area contributed by atoms with E-state index in [1.807, 2.05) is 6.20 Å². The van der Waals surface area contributed by atoms with Crippen LogP contribution in [0.4, 0.5) is 11.5 Å². The van der Waals surface area contributed by atoms with Crippen molar-refractivity contribution in [1.29, 1.82) is 5.26 Å². The molecule has 2 aromatic carbocycles. The maximum Gasteiger partial charge on any atom is 0.148 e. The van der Waals surface area contributed by atoms with E-state index < -0.39 is 0 Å². The van der Waals surface area contributed by atoms with Crippen molar-refractivity contribution in [3.05, 3.63) is 53.2 Å². The van der Waals surface area contributed by atoms with Crippen molar-refractivity contribution in [2.75, 3.05) is 44.0 Å². The Hall–Kier alpha value is -4.13. The number of aromatic amines is 1. The minimum atomic E-state index is 0.0841. The number of nitrogens with zero attached hydrogens (tertiary/aromatic N) is 4. The number of H-pyrrole nitrogens is 1. The summed E-state index contributed by atoms with van der Waals surface area (Å²) in [6.45, 7) is 7.37. The Bertz CT molecular complexity index is 1550. The number of methoxy groups -OCH3 is 1. The van der Waals surface area contributed by atoms with Gasteiger partial charge in [0.15, 0.2) is 0 Å². The van der Waals surface area contributed by atoms with Gasteiger partial charge in [0.2, 0.25) is 0 Å². The van der Waals surface area contributed by atoms with E-state index in [9.17, 15) is 5.26 Å². The number of nitrogens with two attached hydrogens (primary N) is 1. The monoisotopic (exact) mass is 509 g/mol. The Morgan fingerprint density at radius 3 is 2.76 bits per heavy atom. The summed E-state index contributed by atoms with van der Waals surface area (Å²) in [7, 11) is 1.58. The number of ether oxygens (including phenoxy) is 2. The molecule has 2 aliphatic rings. The van der Waals surface area contributed by atoms with E-state index in [0.29, 0.717) is 46.6 Å². The van der Waals surface area contributed by atoms with Gasteiger partial charge in [0.25, 0.3) is 0 Å². The van der Waals surface area contributed by atoms with E-state index in [1.165, 1.54) is 11.1 Å². The highest BCUT2D eigenvalue weighted by atomic mass is 16.5. The molecule has 4 aromatic rings. The van der Waals surface area contributed by atoms with Gasteiger partial charge in [0, 0.05) is 43.5 Å². The molecule has 4 heterocycles. The Kier molecular flexibility index (Phi) is 6.14. The summed E-state index contributed by atoms with van der Waals surface area (Å²) < 4.78 is 11.7. The number of imidazole rings is 1. The van der Waals surface area contributed by atoms with Gasteiger partial charge in [-0.25, -0.2) is 9.97 Å². The van der Waals surface area contributed by atoms with Crippen LogP contribution in [0.25, 0.3) is 33.5 Å². The fourth-order valence-corrected chi connectivity index (χ4v) is 5.82. The predicted octanol–water partition coefficient (Wildman–Crippen LogP) is 3.94. The highest BCUT2D eigenvalue weighted by Crippen LogP contribution is 2.44. The van der Waals surface area contributed by atoms with E-state index >= 15 is 0 Å². The van der Waals surface area contributed by atoms with Crippen LogP contribution in [0.1, 0.15) is 23.1 Å². The van der Waals surface area contributed by atoms with Crippen molar-refractivity contribution in [1.82, 2.24) is 20.3 Å². The Balaban J connectivity index is 1.57. The second-order valence-corrected chi connectivity index (χ2v) is 10.1. The molecule has 0 unspecified atom stereocenters. The van der Waals surface area contributed by atoms with Crippen molar-refractivity contribution in [3.63, 3.8) is 0 Å². The second kappa shape index (κ2) is 9.63. The van der Waals surface area contributed by atoms with Gasteiger partial charge >= 0.3 is 0 Å². The first-order valence-corrected chi connectivity index (χ1v) is 12.9. The lowest BCUT2D eigenvalue weighted by atomic mass is 9.94. The molecule has 2 atom stereocenters. The number of nitrogens with one attached hydrogen (secondary N) is 2. The summed E-state index contributed by atoms with van der Waals surface area (Å²) in [5.74, 6) is 1.50. The molecule has 0 bridgehead atoms. The fourth-order valence-electron chi connectivity index (χ4n) is 5.82. The molecule has 0 saturated carbocycles. The molecule has 194 valence electrons. The third kappa shape index (κ3) is 4.22. The number of rotatable bonds is 4. The third-order valence-electron chi connectivity index (χ3n) is 7.47. The van der Waals surface area contributed by atoms with Crippen LogP contribution in [0.2, 0.25) is 0 Å². The number of aryl methyl sites for hydroxylation is 2. The molecule has 9 nitrogen and oxygen atoms in total. The minimum Gasteiger partial charge on any atom is -0.494 e. The summed E-state index contributed by atoms with van der Waals surface area (Å²) in [6, 6.07) is 12.5. The number of piperidine rings is 1. The number of anilines is 2. The zero-order valence-corrected chi connectivity index (χ0v) is 21.8. The number of hydrogen-bond acceptors (Lipinski definition) is 8. The van der Waals surface area contributed by atoms with E-state index in [0.717, 1.165) is 48.4 Å². The van der Waals surface area contributed by atoms with E-state index in [2.05, 4.69) is 58.3 Å².